The molecule has 0 atom stereocenters. The van der Waals surface area contributed by atoms with Gasteiger partial charge in [-0.05, 0) is 47.5 Å². The van der Waals surface area contributed by atoms with Crippen molar-refractivity contribution in [3.05, 3.63) is 40.1 Å². The number of nitrogens with zero attached hydrogens (tertiary/aromatic N) is 1. The monoisotopic (exact) mass is 329 g/mol. The first-order valence-corrected chi connectivity index (χ1v) is 7.47. The van der Waals surface area contributed by atoms with Gasteiger partial charge in [-0.15, -0.1) is 0 Å². The van der Waals surface area contributed by atoms with Crippen molar-refractivity contribution in [3.8, 4) is 0 Å². The third-order valence-electron chi connectivity index (χ3n) is 2.44. The van der Waals surface area contributed by atoms with Crippen LogP contribution in [0.4, 0.5) is 5.69 Å². The molecule has 18 heavy (non-hydrogen) atoms. The first-order chi connectivity index (χ1) is 8.40. The maximum atomic E-state index is 12.1. The first kappa shape index (κ1) is 13.1. The Morgan fingerprint density at radius 1 is 1.33 bits per heavy atom. The molecule has 0 aliphatic rings. The van der Waals surface area contributed by atoms with Gasteiger partial charge in [0.05, 0.1) is 17.6 Å². The summed E-state index contributed by atoms with van der Waals surface area (Å²) in [7, 11) is -3.61. The molecule has 0 radical (unpaired) electrons. The van der Waals surface area contributed by atoms with Gasteiger partial charge in [0, 0.05) is 4.47 Å². The second kappa shape index (κ2) is 4.74. The van der Waals surface area contributed by atoms with Crippen molar-refractivity contribution in [2.24, 2.45) is 0 Å². The Hall–Kier alpha value is -1.34. The summed E-state index contributed by atoms with van der Waals surface area (Å²) >= 11 is 3.33. The van der Waals surface area contributed by atoms with Crippen molar-refractivity contribution < 1.29 is 8.42 Å². The summed E-state index contributed by atoms with van der Waals surface area (Å²) in [6.45, 7) is 3.59. The molecule has 1 aromatic heterocycles. The second-order valence-electron chi connectivity index (χ2n) is 3.95. The van der Waals surface area contributed by atoms with E-state index in [0.717, 1.165) is 5.56 Å². The van der Waals surface area contributed by atoms with Crippen LogP contribution in [0.2, 0.25) is 0 Å². The number of H-pyrrole nitrogens is 1. The number of rotatable bonds is 3. The number of sulfonamides is 1. The van der Waals surface area contributed by atoms with Gasteiger partial charge in [-0.25, -0.2) is 8.42 Å². The minimum absolute atomic E-state index is 0.148. The van der Waals surface area contributed by atoms with E-state index in [0.29, 0.717) is 15.9 Å². The van der Waals surface area contributed by atoms with Crippen LogP contribution < -0.4 is 4.72 Å². The van der Waals surface area contributed by atoms with E-state index in [9.17, 15) is 8.42 Å². The Balaban J connectivity index is 2.37. The van der Waals surface area contributed by atoms with Crippen LogP contribution in [0, 0.1) is 13.8 Å². The van der Waals surface area contributed by atoms with Crippen LogP contribution in [-0.4, -0.2) is 18.6 Å². The summed E-state index contributed by atoms with van der Waals surface area (Å²) in [4.78, 5) is 0.148. The summed E-state index contributed by atoms with van der Waals surface area (Å²) in [5.41, 5.74) is 2.05. The van der Waals surface area contributed by atoms with Crippen LogP contribution in [0.1, 0.15) is 11.3 Å². The van der Waals surface area contributed by atoms with E-state index in [4.69, 9.17) is 0 Å². The molecule has 0 saturated heterocycles. The molecule has 2 aromatic rings. The molecule has 1 heterocycles. The van der Waals surface area contributed by atoms with Crippen LogP contribution in [0.25, 0.3) is 0 Å². The highest BCUT2D eigenvalue weighted by atomic mass is 79.9. The minimum Gasteiger partial charge on any atom is -0.281 e. The number of aryl methyl sites for hydroxylation is 2. The lowest BCUT2D eigenvalue weighted by Gasteiger charge is -2.09. The van der Waals surface area contributed by atoms with Gasteiger partial charge in [0.1, 0.15) is 4.90 Å². The van der Waals surface area contributed by atoms with Crippen molar-refractivity contribution in [2.75, 3.05) is 4.72 Å². The number of hydrogen-bond donors (Lipinski definition) is 2. The standard InChI is InChI=1S/C11H12BrN3O2S/c1-7-3-4-10(9(12)5-7)15-18(16,17)11-6-13-14-8(11)2/h3-6,15H,1-2H3,(H,13,14). The van der Waals surface area contributed by atoms with Crippen LogP contribution in [0.15, 0.2) is 33.8 Å². The molecule has 0 bridgehead atoms. The van der Waals surface area contributed by atoms with Gasteiger partial charge in [-0.1, -0.05) is 6.07 Å². The lowest BCUT2D eigenvalue weighted by atomic mass is 10.2. The Bertz CT molecular complexity index is 679. The van der Waals surface area contributed by atoms with Gasteiger partial charge in [-0.2, -0.15) is 5.10 Å². The highest BCUT2D eigenvalue weighted by Crippen LogP contribution is 2.26. The highest BCUT2D eigenvalue weighted by Gasteiger charge is 2.19. The first-order valence-electron chi connectivity index (χ1n) is 5.19. The molecule has 0 aliphatic carbocycles. The van der Waals surface area contributed by atoms with Gasteiger partial charge >= 0.3 is 0 Å². The Labute approximate surface area is 114 Å². The zero-order valence-corrected chi connectivity index (χ0v) is 12.3. The van der Waals surface area contributed by atoms with Crippen LogP contribution >= 0.6 is 15.9 Å². The Morgan fingerprint density at radius 2 is 2.06 bits per heavy atom. The van der Waals surface area contributed by atoms with Crippen molar-refractivity contribution >= 4 is 31.6 Å². The second-order valence-corrected chi connectivity index (χ2v) is 6.45. The van der Waals surface area contributed by atoms with E-state index in [1.165, 1.54) is 6.20 Å². The molecule has 0 unspecified atom stereocenters. The molecule has 0 spiro atoms. The Kier molecular flexibility index (Phi) is 3.45. The molecule has 2 rings (SSSR count). The summed E-state index contributed by atoms with van der Waals surface area (Å²) in [6, 6.07) is 5.40. The zero-order chi connectivity index (χ0) is 13.3. The van der Waals surface area contributed by atoms with E-state index in [1.807, 2.05) is 19.1 Å². The Morgan fingerprint density at radius 3 is 2.61 bits per heavy atom. The van der Waals surface area contributed by atoms with Crippen molar-refractivity contribution in [1.82, 2.24) is 10.2 Å². The normalized spacial score (nSPS) is 11.5. The number of nitrogens with one attached hydrogen (secondary N) is 2. The minimum atomic E-state index is -3.61. The molecule has 96 valence electrons. The number of hydrogen-bond acceptors (Lipinski definition) is 3. The summed E-state index contributed by atoms with van der Waals surface area (Å²) in [5, 5.41) is 6.31. The molecular formula is C11H12BrN3O2S. The van der Waals surface area contributed by atoms with Gasteiger partial charge in [0.15, 0.2) is 0 Å². The van der Waals surface area contributed by atoms with E-state index in [1.54, 1.807) is 13.0 Å². The molecule has 5 nitrogen and oxygen atoms in total. The highest BCUT2D eigenvalue weighted by molar-refractivity contribution is 9.10. The molecule has 0 amide bonds. The lowest BCUT2D eigenvalue weighted by molar-refractivity contribution is 0.600. The van der Waals surface area contributed by atoms with E-state index < -0.39 is 10.0 Å². The molecule has 7 heteroatoms. The third-order valence-corrected chi connectivity index (χ3v) is 4.58. The van der Waals surface area contributed by atoms with Gasteiger partial charge < -0.3 is 0 Å². The number of anilines is 1. The fraction of sp³-hybridized carbons (Fsp3) is 0.182. The van der Waals surface area contributed by atoms with E-state index in [2.05, 4.69) is 30.8 Å². The number of aromatic amines is 1. The molecule has 2 N–H and O–H groups in total. The average molecular weight is 330 g/mol. The van der Waals surface area contributed by atoms with E-state index >= 15 is 0 Å². The predicted octanol–water partition coefficient (Wildman–Crippen LogP) is 2.59. The maximum absolute atomic E-state index is 12.1. The van der Waals surface area contributed by atoms with Crippen molar-refractivity contribution in [2.45, 2.75) is 18.7 Å². The molecule has 0 saturated carbocycles. The maximum Gasteiger partial charge on any atom is 0.265 e. The van der Waals surface area contributed by atoms with Crippen LogP contribution in [-0.2, 0) is 10.0 Å². The summed E-state index contributed by atoms with van der Waals surface area (Å²) in [5.74, 6) is 0. The topological polar surface area (TPSA) is 74.8 Å². The lowest BCUT2D eigenvalue weighted by Crippen LogP contribution is -2.13. The predicted molar refractivity (Wildman–Crippen MR) is 73.0 cm³/mol. The van der Waals surface area contributed by atoms with Crippen molar-refractivity contribution in [1.29, 1.82) is 0 Å². The number of benzene rings is 1. The fourth-order valence-corrected chi connectivity index (χ4v) is 3.45. The number of halogens is 1. The van der Waals surface area contributed by atoms with Gasteiger partial charge in [0.2, 0.25) is 0 Å². The largest absolute Gasteiger partial charge is 0.281 e. The summed E-state index contributed by atoms with van der Waals surface area (Å²) < 4.78 is 27.5. The van der Waals surface area contributed by atoms with Crippen molar-refractivity contribution in [3.63, 3.8) is 0 Å². The SMILES string of the molecule is Cc1ccc(NS(=O)(=O)c2cn[nH]c2C)c(Br)c1. The average Bonchev–Trinajstić information content (AvgIpc) is 2.69. The van der Waals surface area contributed by atoms with Gasteiger partial charge in [-0.3, -0.25) is 9.82 Å². The van der Waals surface area contributed by atoms with Crippen LogP contribution in [0.3, 0.4) is 0 Å². The summed E-state index contributed by atoms with van der Waals surface area (Å²) in [6.07, 6.45) is 1.29. The number of aromatic nitrogens is 2. The third kappa shape index (κ3) is 2.56. The molecule has 0 fully saturated rings. The fourth-order valence-electron chi connectivity index (χ4n) is 1.51. The molecule has 1 aromatic carbocycles. The quantitative estimate of drug-likeness (QED) is 0.908. The zero-order valence-electron chi connectivity index (χ0n) is 9.86. The molecular weight excluding hydrogens is 318 g/mol. The van der Waals surface area contributed by atoms with E-state index in [-0.39, 0.29) is 4.90 Å². The van der Waals surface area contributed by atoms with Crippen LogP contribution in [0.5, 0.6) is 0 Å². The smallest absolute Gasteiger partial charge is 0.265 e. The van der Waals surface area contributed by atoms with Gasteiger partial charge in [0.25, 0.3) is 10.0 Å². The molecule has 0 aliphatic heterocycles.